The number of hydrogen-bond acceptors (Lipinski definition) is 3. The van der Waals surface area contributed by atoms with E-state index in [2.05, 4.69) is 34.1 Å². The normalized spacial score (nSPS) is 10.6. The summed E-state index contributed by atoms with van der Waals surface area (Å²) in [4.78, 5) is 0. The van der Waals surface area contributed by atoms with Crippen LogP contribution in [0, 0.1) is 0 Å². The van der Waals surface area contributed by atoms with Crippen molar-refractivity contribution in [2.45, 2.75) is 6.42 Å². The number of rotatable bonds is 7. The third-order valence-corrected chi connectivity index (χ3v) is 4.08. The summed E-state index contributed by atoms with van der Waals surface area (Å²) in [6, 6.07) is 14.3. The van der Waals surface area contributed by atoms with Gasteiger partial charge in [0.1, 0.15) is 5.75 Å². The van der Waals surface area contributed by atoms with Crippen LogP contribution >= 0.6 is 15.9 Å². The average molecular weight is 351 g/mol. The van der Waals surface area contributed by atoms with E-state index in [-0.39, 0.29) is 6.79 Å². The van der Waals surface area contributed by atoms with Crippen LogP contribution in [0.1, 0.15) is 5.56 Å². The molecule has 3 nitrogen and oxygen atoms in total. The highest BCUT2D eigenvalue weighted by molar-refractivity contribution is 9.10. The third-order valence-electron chi connectivity index (χ3n) is 3.17. The van der Waals surface area contributed by atoms with Gasteiger partial charge in [-0.15, -0.1) is 0 Å². The molecule has 2 rings (SSSR count). The lowest BCUT2D eigenvalue weighted by Gasteiger charge is -2.16. The molecule has 0 unspecified atom stereocenters. The van der Waals surface area contributed by atoms with E-state index < -0.39 is 0 Å². The molecule has 0 N–H and O–H groups in total. The van der Waals surface area contributed by atoms with Gasteiger partial charge >= 0.3 is 0 Å². The van der Waals surface area contributed by atoms with Crippen LogP contribution in [0.3, 0.4) is 0 Å². The van der Waals surface area contributed by atoms with Gasteiger partial charge in [-0.1, -0.05) is 30.3 Å². The van der Waals surface area contributed by atoms with Crippen LogP contribution in [0.4, 0.5) is 0 Å². The Bertz CT molecular complexity index is 570. The van der Waals surface area contributed by atoms with Crippen LogP contribution in [0.15, 0.2) is 46.9 Å². The highest BCUT2D eigenvalue weighted by Crippen LogP contribution is 2.36. The average Bonchev–Trinajstić information content (AvgIpc) is 2.53. The summed E-state index contributed by atoms with van der Waals surface area (Å²) < 4.78 is 16.9. The summed E-state index contributed by atoms with van der Waals surface area (Å²) in [7, 11) is 3.31. The second-order valence-corrected chi connectivity index (χ2v) is 5.36. The molecule has 0 atom stereocenters. The predicted molar refractivity (Wildman–Crippen MR) is 87.7 cm³/mol. The monoisotopic (exact) mass is 350 g/mol. The Kier molecular flexibility index (Phi) is 6.23. The van der Waals surface area contributed by atoms with Crippen LogP contribution < -0.4 is 4.74 Å². The van der Waals surface area contributed by atoms with Gasteiger partial charge in [0.15, 0.2) is 6.79 Å². The van der Waals surface area contributed by atoms with Crippen molar-refractivity contribution in [1.29, 1.82) is 0 Å². The van der Waals surface area contributed by atoms with Crippen LogP contribution in [0.5, 0.6) is 5.75 Å². The lowest BCUT2D eigenvalue weighted by molar-refractivity contribution is 0.0501. The van der Waals surface area contributed by atoms with E-state index >= 15 is 0 Å². The van der Waals surface area contributed by atoms with Gasteiger partial charge in [0.2, 0.25) is 0 Å². The molecule has 0 fully saturated rings. The minimum Gasteiger partial charge on any atom is -0.467 e. The van der Waals surface area contributed by atoms with E-state index in [1.807, 2.05) is 24.3 Å². The van der Waals surface area contributed by atoms with Gasteiger partial charge in [-0.2, -0.15) is 0 Å². The first-order chi connectivity index (χ1) is 10.3. The minimum atomic E-state index is 0.233. The lowest BCUT2D eigenvalue weighted by atomic mass is 10.0. The number of ether oxygens (including phenoxy) is 3. The molecule has 0 aliphatic carbocycles. The maximum Gasteiger partial charge on any atom is 0.188 e. The zero-order chi connectivity index (χ0) is 15.1. The quantitative estimate of drug-likeness (QED) is 0.697. The van der Waals surface area contributed by atoms with E-state index in [1.165, 1.54) is 5.56 Å². The van der Waals surface area contributed by atoms with Gasteiger partial charge in [-0.05, 0) is 39.2 Å². The molecule has 0 radical (unpaired) electrons. The molecule has 0 bridgehead atoms. The molecule has 0 heterocycles. The Morgan fingerprint density at radius 3 is 2.38 bits per heavy atom. The topological polar surface area (TPSA) is 27.7 Å². The maximum absolute atomic E-state index is 5.65. The van der Waals surface area contributed by atoms with E-state index in [0.29, 0.717) is 6.61 Å². The smallest absolute Gasteiger partial charge is 0.188 e. The Hall–Kier alpha value is -1.36. The highest BCUT2D eigenvalue weighted by Gasteiger charge is 2.13. The Labute approximate surface area is 134 Å². The minimum absolute atomic E-state index is 0.233. The molecule has 0 saturated carbocycles. The molecule has 0 aromatic heterocycles. The largest absolute Gasteiger partial charge is 0.467 e. The fourth-order valence-corrected chi connectivity index (χ4v) is 2.89. The van der Waals surface area contributed by atoms with Crippen molar-refractivity contribution in [1.82, 2.24) is 0 Å². The summed E-state index contributed by atoms with van der Waals surface area (Å²) in [5, 5.41) is 0. The number of benzene rings is 2. The molecule has 2 aromatic rings. The summed E-state index contributed by atoms with van der Waals surface area (Å²) in [5.74, 6) is 0.820. The molecule has 112 valence electrons. The molecule has 4 heteroatoms. The summed E-state index contributed by atoms with van der Waals surface area (Å²) in [6.07, 6.45) is 0.775. The SMILES string of the molecule is COCCc1c(OCOC)ccc(-c2ccccc2)c1Br. The molecular formula is C17H19BrO3. The molecule has 0 aliphatic heterocycles. The summed E-state index contributed by atoms with van der Waals surface area (Å²) >= 11 is 3.71. The molecular weight excluding hydrogens is 332 g/mol. The first kappa shape index (κ1) is 16.0. The predicted octanol–water partition coefficient (Wildman–Crippen LogP) is 4.29. The van der Waals surface area contributed by atoms with Crippen LogP contribution in [-0.4, -0.2) is 27.6 Å². The van der Waals surface area contributed by atoms with E-state index in [1.54, 1.807) is 14.2 Å². The van der Waals surface area contributed by atoms with Crippen LogP contribution in [0.25, 0.3) is 11.1 Å². The Morgan fingerprint density at radius 2 is 1.71 bits per heavy atom. The number of halogens is 1. The molecule has 2 aromatic carbocycles. The van der Waals surface area contributed by atoms with Crippen molar-refractivity contribution >= 4 is 15.9 Å². The van der Waals surface area contributed by atoms with Crippen LogP contribution in [0.2, 0.25) is 0 Å². The van der Waals surface area contributed by atoms with Crippen molar-refractivity contribution < 1.29 is 14.2 Å². The highest BCUT2D eigenvalue weighted by atomic mass is 79.9. The van der Waals surface area contributed by atoms with Gasteiger partial charge in [0.25, 0.3) is 0 Å². The van der Waals surface area contributed by atoms with Gasteiger partial charge in [0, 0.05) is 30.7 Å². The zero-order valence-corrected chi connectivity index (χ0v) is 13.9. The zero-order valence-electron chi connectivity index (χ0n) is 12.3. The molecule has 0 aliphatic rings. The van der Waals surface area contributed by atoms with Gasteiger partial charge in [-0.3, -0.25) is 0 Å². The van der Waals surface area contributed by atoms with E-state index in [9.17, 15) is 0 Å². The second kappa shape index (κ2) is 8.17. The number of methoxy groups -OCH3 is 2. The summed E-state index contributed by atoms with van der Waals surface area (Å²) in [5.41, 5.74) is 3.41. The second-order valence-electron chi connectivity index (χ2n) is 4.56. The van der Waals surface area contributed by atoms with Crippen molar-refractivity contribution in [3.05, 3.63) is 52.5 Å². The third kappa shape index (κ3) is 4.06. The van der Waals surface area contributed by atoms with Gasteiger partial charge in [0.05, 0.1) is 6.61 Å². The first-order valence-corrected chi connectivity index (χ1v) is 7.54. The van der Waals surface area contributed by atoms with Crippen molar-refractivity contribution in [2.24, 2.45) is 0 Å². The molecule has 0 saturated heterocycles. The Morgan fingerprint density at radius 1 is 0.952 bits per heavy atom. The van der Waals surface area contributed by atoms with Crippen LogP contribution in [-0.2, 0) is 15.9 Å². The lowest BCUT2D eigenvalue weighted by Crippen LogP contribution is -2.05. The van der Waals surface area contributed by atoms with Crippen molar-refractivity contribution in [2.75, 3.05) is 27.6 Å². The molecule has 0 spiro atoms. The first-order valence-electron chi connectivity index (χ1n) is 6.75. The van der Waals surface area contributed by atoms with Crippen molar-refractivity contribution in [3.63, 3.8) is 0 Å². The summed E-state index contributed by atoms with van der Waals surface area (Å²) in [6.45, 7) is 0.872. The fraction of sp³-hybridized carbons (Fsp3) is 0.294. The van der Waals surface area contributed by atoms with Crippen molar-refractivity contribution in [3.8, 4) is 16.9 Å². The van der Waals surface area contributed by atoms with Gasteiger partial charge < -0.3 is 14.2 Å². The molecule has 0 amide bonds. The Balaban J connectivity index is 2.40. The molecule has 21 heavy (non-hydrogen) atoms. The van der Waals surface area contributed by atoms with Gasteiger partial charge in [-0.25, -0.2) is 0 Å². The fourth-order valence-electron chi connectivity index (χ4n) is 2.14. The van der Waals surface area contributed by atoms with E-state index in [0.717, 1.165) is 27.8 Å². The number of hydrogen-bond donors (Lipinski definition) is 0. The van der Waals surface area contributed by atoms with E-state index in [4.69, 9.17) is 14.2 Å². The maximum atomic E-state index is 5.65. The standard InChI is InChI=1S/C17H19BrO3/c1-19-11-10-15-16(21-12-20-2)9-8-14(17(15)18)13-6-4-3-5-7-13/h3-9H,10-12H2,1-2H3.